The Hall–Kier alpha value is -1.71. The lowest BCUT2D eigenvalue weighted by atomic mass is 10.3. The van der Waals surface area contributed by atoms with Crippen LogP contribution in [-0.4, -0.2) is 36.6 Å². The highest BCUT2D eigenvalue weighted by Gasteiger charge is 2.19. The average molecular weight is 293 g/mol. The maximum Gasteiger partial charge on any atom is 0.263 e. The molecule has 0 heterocycles. The molecule has 0 N–H and O–H groups in total. The molecule has 1 unspecified atom stereocenters. The van der Waals surface area contributed by atoms with E-state index >= 15 is 0 Å². The molecular formula is C17H27NO3. The summed E-state index contributed by atoms with van der Waals surface area (Å²) in [5.41, 5.74) is 0. The number of ether oxygens (including phenoxy) is 2. The summed E-state index contributed by atoms with van der Waals surface area (Å²) in [6.07, 6.45) is 1.69. The molecule has 0 aliphatic heterocycles. The fourth-order valence-electron chi connectivity index (χ4n) is 2.00. The molecule has 0 aromatic heterocycles. The smallest absolute Gasteiger partial charge is 0.263 e. The Morgan fingerprint density at radius 2 is 1.67 bits per heavy atom. The standard InChI is InChI=1S/C17H27NO3/c1-5-8-13-20-15-9-11-16(12-10-15)21-14(4)17(19)18(6-2)7-3/h9-12,14H,5-8,13H2,1-4H3. The van der Waals surface area contributed by atoms with Crippen molar-refractivity contribution in [3.8, 4) is 11.5 Å². The van der Waals surface area contributed by atoms with E-state index in [0.29, 0.717) is 18.8 Å². The molecule has 4 heteroatoms. The molecule has 0 aliphatic carbocycles. The first-order valence-electron chi connectivity index (χ1n) is 7.80. The normalized spacial score (nSPS) is 11.8. The van der Waals surface area contributed by atoms with Crippen molar-refractivity contribution < 1.29 is 14.3 Å². The quantitative estimate of drug-likeness (QED) is 0.654. The fourth-order valence-corrected chi connectivity index (χ4v) is 2.00. The van der Waals surface area contributed by atoms with Crippen molar-refractivity contribution in [2.24, 2.45) is 0 Å². The van der Waals surface area contributed by atoms with Crippen LogP contribution in [0.15, 0.2) is 24.3 Å². The summed E-state index contributed by atoms with van der Waals surface area (Å²) in [4.78, 5) is 13.9. The second-order valence-corrected chi connectivity index (χ2v) is 4.94. The lowest BCUT2D eigenvalue weighted by Crippen LogP contribution is -2.40. The number of hydrogen-bond acceptors (Lipinski definition) is 3. The molecule has 0 radical (unpaired) electrons. The van der Waals surface area contributed by atoms with Gasteiger partial charge in [0.25, 0.3) is 5.91 Å². The molecule has 1 aromatic carbocycles. The van der Waals surface area contributed by atoms with Crippen LogP contribution in [0.1, 0.15) is 40.5 Å². The first-order chi connectivity index (χ1) is 10.1. The number of hydrogen-bond donors (Lipinski definition) is 0. The number of benzene rings is 1. The summed E-state index contributed by atoms with van der Waals surface area (Å²) in [7, 11) is 0. The maximum absolute atomic E-state index is 12.1. The van der Waals surface area contributed by atoms with Crippen LogP contribution in [0.2, 0.25) is 0 Å². The first-order valence-corrected chi connectivity index (χ1v) is 7.80. The second kappa shape index (κ2) is 9.27. The number of nitrogens with zero attached hydrogens (tertiary/aromatic N) is 1. The fraction of sp³-hybridized carbons (Fsp3) is 0.588. The number of rotatable bonds is 9. The largest absolute Gasteiger partial charge is 0.494 e. The Morgan fingerprint density at radius 1 is 1.10 bits per heavy atom. The summed E-state index contributed by atoms with van der Waals surface area (Å²) in [5, 5.41) is 0. The van der Waals surface area contributed by atoms with Crippen LogP contribution in [0.25, 0.3) is 0 Å². The van der Waals surface area contributed by atoms with Crippen molar-refractivity contribution in [2.75, 3.05) is 19.7 Å². The minimum atomic E-state index is -0.475. The molecule has 0 bridgehead atoms. The number of likely N-dealkylation sites (N-methyl/N-ethyl adjacent to an activating group) is 1. The highest BCUT2D eigenvalue weighted by molar-refractivity contribution is 5.80. The van der Waals surface area contributed by atoms with Gasteiger partial charge in [-0.05, 0) is 51.5 Å². The third-order valence-corrected chi connectivity index (χ3v) is 3.33. The zero-order valence-corrected chi connectivity index (χ0v) is 13.6. The van der Waals surface area contributed by atoms with E-state index in [2.05, 4.69) is 6.92 Å². The molecule has 0 saturated heterocycles. The number of unbranched alkanes of at least 4 members (excludes halogenated alkanes) is 1. The van der Waals surface area contributed by atoms with Crippen molar-refractivity contribution in [3.05, 3.63) is 24.3 Å². The van der Waals surface area contributed by atoms with E-state index in [9.17, 15) is 4.79 Å². The van der Waals surface area contributed by atoms with Gasteiger partial charge in [0, 0.05) is 13.1 Å². The number of carbonyl (C=O) groups is 1. The topological polar surface area (TPSA) is 38.8 Å². The van der Waals surface area contributed by atoms with Crippen LogP contribution >= 0.6 is 0 Å². The predicted octanol–water partition coefficient (Wildman–Crippen LogP) is 3.50. The molecule has 0 spiro atoms. The van der Waals surface area contributed by atoms with Crippen LogP contribution in [0, 0.1) is 0 Å². The summed E-state index contributed by atoms with van der Waals surface area (Å²) >= 11 is 0. The highest BCUT2D eigenvalue weighted by atomic mass is 16.5. The Kier molecular flexibility index (Phi) is 7.65. The van der Waals surface area contributed by atoms with Crippen LogP contribution in [0.5, 0.6) is 11.5 Å². The van der Waals surface area contributed by atoms with Crippen molar-refractivity contribution in [1.82, 2.24) is 4.90 Å². The molecule has 21 heavy (non-hydrogen) atoms. The molecule has 0 aliphatic rings. The zero-order chi connectivity index (χ0) is 15.7. The van der Waals surface area contributed by atoms with Gasteiger partial charge in [-0.2, -0.15) is 0 Å². The lowest BCUT2D eigenvalue weighted by Gasteiger charge is -2.23. The van der Waals surface area contributed by atoms with E-state index in [-0.39, 0.29) is 5.91 Å². The van der Waals surface area contributed by atoms with E-state index in [1.807, 2.05) is 38.1 Å². The van der Waals surface area contributed by atoms with E-state index in [1.54, 1.807) is 11.8 Å². The molecular weight excluding hydrogens is 266 g/mol. The van der Waals surface area contributed by atoms with E-state index in [1.165, 1.54) is 0 Å². The van der Waals surface area contributed by atoms with Gasteiger partial charge in [0.15, 0.2) is 6.10 Å². The summed E-state index contributed by atoms with van der Waals surface area (Å²) in [6.45, 7) is 9.99. The predicted molar refractivity (Wildman–Crippen MR) is 84.9 cm³/mol. The molecule has 0 fully saturated rings. The summed E-state index contributed by atoms with van der Waals surface area (Å²) in [6, 6.07) is 7.43. The van der Waals surface area contributed by atoms with Crippen LogP contribution in [-0.2, 0) is 4.79 Å². The molecule has 1 atom stereocenters. The maximum atomic E-state index is 12.1. The van der Waals surface area contributed by atoms with Gasteiger partial charge in [-0.15, -0.1) is 0 Å². The Balaban J connectivity index is 2.52. The monoisotopic (exact) mass is 293 g/mol. The van der Waals surface area contributed by atoms with Gasteiger partial charge in [-0.1, -0.05) is 13.3 Å². The Morgan fingerprint density at radius 3 is 2.19 bits per heavy atom. The van der Waals surface area contributed by atoms with Gasteiger partial charge in [-0.3, -0.25) is 4.79 Å². The van der Waals surface area contributed by atoms with Crippen molar-refractivity contribution in [3.63, 3.8) is 0 Å². The first kappa shape index (κ1) is 17.3. The molecule has 0 saturated carbocycles. The second-order valence-electron chi connectivity index (χ2n) is 4.94. The minimum Gasteiger partial charge on any atom is -0.494 e. The summed E-state index contributed by atoms with van der Waals surface area (Å²) < 4.78 is 11.3. The van der Waals surface area contributed by atoms with Gasteiger partial charge in [0.2, 0.25) is 0 Å². The van der Waals surface area contributed by atoms with Gasteiger partial charge >= 0.3 is 0 Å². The molecule has 118 valence electrons. The van der Waals surface area contributed by atoms with Gasteiger partial charge < -0.3 is 14.4 Å². The lowest BCUT2D eigenvalue weighted by molar-refractivity contribution is -0.137. The van der Waals surface area contributed by atoms with E-state index in [4.69, 9.17) is 9.47 Å². The molecule has 1 amide bonds. The molecule has 1 aromatic rings. The SMILES string of the molecule is CCCCOc1ccc(OC(C)C(=O)N(CC)CC)cc1. The average Bonchev–Trinajstić information content (AvgIpc) is 2.50. The minimum absolute atomic E-state index is 0.0169. The third kappa shape index (κ3) is 5.66. The summed E-state index contributed by atoms with van der Waals surface area (Å²) in [5.74, 6) is 1.53. The van der Waals surface area contributed by atoms with E-state index < -0.39 is 6.10 Å². The van der Waals surface area contributed by atoms with Gasteiger partial charge in [-0.25, -0.2) is 0 Å². The van der Waals surface area contributed by atoms with Crippen LogP contribution < -0.4 is 9.47 Å². The number of amides is 1. The molecule has 1 rings (SSSR count). The zero-order valence-electron chi connectivity index (χ0n) is 13.6. The van der Waals surface area contributed by atoms with Gasteiger partial charge in [0.05, 0.1) is 6.61 Å². The Labute approximate surface area is 128 Å². The number of carbonyl (C=O) groups excluding carboxylic acids is 1. The van der Waals surface area contributed by atoms with Crippen molar-refractivity contribution >= 4 is 5.91 Å². The van der Waals surface area contributed by atoms with Gasteiger partial charge in [0.1, 0.15) is 11.5 Å². The van der Waals surface area contributed by atoms with Crippen molar-refractivity contribution in [1.29, 1.82) is 0 Å². The van der Waals surface area contributed by atoms with Crippen molar-refractivity contribution in [2.45, 2.75) is 46.6 Å². The third-order valence-electron chi connectivity index (χ3n) is 3.33. The van der Waals surface area contributed by atoms with Crippen LogP contribution in [0.4, 0.5) is 0 Å². The van der Waals surface area contributed by atoms with E-state index in [0.717, 1.165) is 25.2 Å². The highest BCUT2D eigenvalue weighted by Crippen LogP contribution is 2.19. The Bertz CT molecular complexity index is 413. The molecule has 4 nitrogen and oxygen atoms in total. The van der Waals surface area contributed by atoms with Crippen LogP contribution in [0.3, 0.4) is 0 Å².